The number of benzene rings is 1. The number of nitrogens with zero attached hydrogens (tertiary/aromatic N) is 2. The van der Waals surface area contributed by atoms with Crippen LogP contribution in [-0.2, 0) is 11.3 Å². The quantitative estimate of drug-likeness (QED) is 0.326. The average molecular weight is 476 g/mol. The van der Waals surface area contributed by atoms with Gasteiger partial charge in [0, 0.05) is 31.8 Å². The third-order valence-corrected chi connectivity index (χ3v) is 4.04. The van der Waals surface area contributed by atoms with Crippen LogP contribution in [0.2, 0.25) is 0 Å². The Kier molecular flexibility index (Phi) is 11.6. The summed E-state index contributed by atoms with van der Waals surface area (Å²) in [5, 5.41) is 6.67. The molecule has 0 spiro atoms. The first-order chi connectivity index (χ1) is 12.2. The lowest BCUT2D eigenvalue weighted by atomic mass is 10.2. The lowest BCUT2D eigenvalue weighted by molar-refractivity contribution is 0.114. The Morgan fingerprint density at radius 1 is 1.31 bits per heavy atom. The van der Waals surface area contributed by atoms with Gasteiger partial charge >= 0.3 is 0 Å². The number of likely N-dealkylation sites (N-methyl/N-ethyl adjacent to an activating group) is 1. The molecule has 7 heteroatoms. The molecule has 1 atom stereocenters. The van der Waals surface area contributed by atoms with Crippen molar-refractivity contribution in [3.05, 3.63) is 29.8 Å². The smallest absolute Gasteiger partial charge is 0.191 e. The molecule has 2 rings (SSSR count). The Balaban J connectivity index is 0.00000338. The van der Waals surface area contributed by atoms with Crippen LogP contribution in [0.3, 0.4) is 0 Å². The first kappa shape index (κ1) is 23.0. The summed E-state index contributed by atoms with van der Waals surface area (Å²) in [7, 11) is 4.09. The maximum Gasteiger partial charge on any atom is 0.191 e. The highest BCUT2D eigenvalue weighted by molar-refractivity contribution is 14.0. The SMILES string of the molecule is CCNC(=NCc1ccccc1OCCN(C)C)NCC1CCCO1.I. The Morgan fingerprint density at radius 2 is 2.12 bits per heavy atom. The van der Waals surface area contributed by atoms with Crippen molar-refractivity contribution < 1.29 is 9.47 Å². The third kappa shape index (κ3) is 8.55. The summed E-state index contributed by atoms with van der Waals surface area (Å²) < 4.78 is 11.6. The summed E-state index contributed by atoms with van der Waals surface area (Å²) in [6, 6.07) is 8.10. The topological polar surface area (TPSA) is 58.1 Å². The molecule has 1 aliphatic heterocycles. The van der Waals surface area contributed by atoms with E-state index in [4.69, 9.17) is 14.5 Å². The molecule has 2 N–H and O–H groups in total. The Bertz CT molecular complexity index is 534. The van der Waals surface area contributed by atoms with Crippen molar-refractivity contribution in [3.8, 4) is 5.75 Å². The van der Waals surface area contributed by atoms with E-state index in [1.165, 1.54) is 0 Å². The van der Waals surface area contributed by atoms with E-state index in [2.05, 4.69) is 28.5 Å². The monoisotopic (exact) mass is 476 g/mol. The summed E-state index contributed by atoms with van der Waals surface area (Å²) >= 11 is 0. The number of halogens is 1. The summed E-state index contributed by atoms with van der Waals surface area (Å²) in [6.07, 6.45) is 2.57. The number of guanidine groups is 1. The van der Waals surface area contributed by atoms with Crippen LogP contribution in [0, 0.1) is 0 Å². The Hall–Kier alpha value is -1.06. The van der Waals surface area contributed by atoms with Crippen LogP contribution in [0.4, 0.5) is 0 Å². The van der Waals surface area contributed by atoms with E-state index >= 15 is 0 Å². The van der Waals surface area contributed by atoms with Gasteiger partial charge < -0.3 is 25.0 Å². The molecule has 0 amide bonds. The van der Waals surface area contributed by atoms with Crippen molar-refractivity contribution in [2.75, 3.05) is 46.9 Å². The number of hydrogen-bond acceptors (Lipinski definition) is 4. The summed E-state index contributed by atoms with van der Waals surface area (Å²) in [5.41, 5.74) is 1.09. The zero-order chi connectivity index (χ0) is 17.9. The van der Waals surface area contributed by atoms with Gasteiger partial charge in [-0.2, -0.15) is 0 Å². The first-order valence-electron chi connectivity index (χ1n) is 9.18. The van der Waals surface area contributed by atoms with Gasteiger partial charge in [0.05, 0.1) is 12.6 Å². The maximum atomic E-state index is 5.91. The summed E-state index contributed by atoms with van der Waals surface area (Å²) in [5.74, 6) is 1.73. The minimum atomic E-state index is 0. The van der Waals surface area contributed by atoms with Crippen molar-refractivity contribution in [1.82, 2.24) is 15.5 Å². The van der Waals surface area contributed by atoms with E-state index in [1.54, 1.807) is 0 Å². The van der Waals surface area contributed by atoms with E-state index in [0.717, 1.165) is 56.4 Å². The lowest BCUT2D eigenvalue weighted by Crippen LogP contribution is -2.41. The highest BCUT2D eigenvalue weighted by Crippen LogP contribution is 2.18. The zero-order valence-electron chi connectivity index (χ0n) is 16.2. The highest BCUT2D eigenvalue weighted by Gasteiger charge is 2.15. The van der Waals surface area contributed by atoms with Gasteiger partial charge in [-0.1, -0.05) is 18.2 Å². The van der Waals surface area contributed by atoms with Gasteiger partial charge in [-0.05, 0) is 39.9 Å². The fourth-order valence-electron chi connectivity index (χ4n) is 2.64. The van der Waals surface area contributed by atoms with Gasteiger partial charge in [0.1, 0.15) is 12.4 Å². The molecule has 1 saturated heterocycles. The lowest BCUT2D eigenvalue weighted by Gasteiger charge is -2.16. The molecule has 1 heterocycles. The molecular weight excluding hydrogens is 443 g/mol. The average Bonchev–Trinajstić information content (AvgIpc) is 3.11. The molecule has 1 fully saturated rings. The maximum absolute atomic E-state index is 5.91. The van der Waals surface area contributed by atoms with Crippen LogP contribution in [0.1, 0.15) is 25.3 Å². The minimum Gasteiger partial charge on any atom is -0.492 e. The second-order valence-electron chi connectivity index (χ2n) is 6.47. The van der Waals surface area contributed by atoms with Crippen molar-refractivity contribution in [3.63, 3.8) is 0 Å². The molecule has 1 unspecified atom stereocenters. The van der Waals surface area contributed by atoms with Crippen LogP contribution in [0.25, 0.3) is 0 Å². The van der Waals surface area contributed by atoms with Gasteiger partial charge in [-0.25, -0.2) is 4.99 Å². The van der Waals surface area contributed by atoms with Crippen LogP contribution in [-0.4, -0.2) is 63.9 Å². The zero-order valence-corrected chi connectivity index (χ0v) is 18.5. The van der Waals surface area contributed by atoms with Crippen molar-refractivity contribution in [2.45, 2.75) is 32.4 Å². The number of ether oxygens (including phenoxy) is 2. The van der Waals surface area contributed by atoms with E-state index < -0.39 is 0 Å². The molecule has 0 aliphatic carbocycles. The first-order valence-corrected chi connectivity index (χ1v) is 9.18. The number of nitrogens with one attached hydrogen (secondary N) is 2. The molecule has 0 aromatic heterocycles. The molecule has 0 radical (unpaired) electrons. The summed E-state index contributed by atoms with van der Waals surface area (Å²) in [4.78, 5) is 6.81. The van der Waals surface area contributed by atoms with Gasteiger partial charge in [-0.15, -0.1) is 24.0 Å². The number of hydrogen-bond donors (Lipinski definition) is 2. The molecule has 1 aromatic carbocycles. The summed E-state index contributed by atoms with van der Waals surface area (Å²) in [6.45, 7) is 6.72. The predicted octanol–water partition coefficient (Wildman–Crippen LogP) is 2.48. The molecule has 0 bridgehead atoms. The predicted molar refractivity (Wildman–Crippen MR) is 118 cm³/mol. The molecule has 1 aromatic rings. The number of rotatable bonds is 9. The van der Waals surface area contributed by atoms with Gasteiger partial charge in [0.25, 0.3) is 0 Å². The second-order valence-corrected chi connectivity index (χ2v) is 6.47. The van der Waals surface area contributed by atoms with Crippen LogP contribution in [0.5, 0.6) is 5.75 Å². The van der Waals surface area contributed by atoms with Gasteiger partial charge in [-0.3, -0.25) is 0 Å². The van der Waals surface area contributed by atoms with Crippen molar-refractivity contribution in [2.24, 2.45) is 4.99 Å². The van der Waals surface area contributed by atoms with Gasteiger partial charge in [0.15, 0.2) is 5.96 Å². The van der Waals surface area contributed by atoms with E-state index in [1.807, 2.05) is 32.3 Å². The molecule has 0 saturated carbocycles. The van der Waals surface area contributed by atoms with E-state index in [-0.39, 0.29) is 24.0 Å². The van der Waals surface area contributed by atoms with E-state index in [0.29, 0.717) is 19.3 Å². The van der Waals surface area contributed by atoms with Crippen LogP contribution >= 0.6 is 24.0 Å². The molecule has 6 nitrogen and oxygen atoms in total. The Labute approximate surface area is 174 Å². The second kappa shape index (κ2) is 13.2. The standard InChI is InChI=1S/C19H32N4O2.HI/c1-4-20-19(22-15-17-9-7-12-24-17)21-14-16-8-5-6-10-18(16)25-13-11-23(2)3;/h5-6,8,10,17H,4,7,9,11-15H2,1-3H3,(H2,20,21,22);1H. The van der Waals surface area contributed by atoms with E-state index in [9.17, 15) is 0 Å². The fourth-order valence-corrected chi connectivity index (χ4v) is 2.64. The largest absolute Gasteiger partial charge is 0.492 e. The van der Waals surface area contributed by atoms with Crippen molar-refractivity contribution >= 4 is 29.9 Å². The normalized spacial score (nSPS) is 17.1. The van der Waals surface area contributed by atoms with Crippen LogP contribution in [0.15, 0.2) is 29.3 Å². The molecular formula is C19H33IN4O2. The van der Waals surface area contributed by atoms with Crippen LogP contribution < -0.4 is 15.4 Å². The molecule has 26 heavy (non-hydrogen) atoms. The van der Waals surface area contributed by atoms with Gasteiger partial charge in [0.2, 0.25) is 0 Å². The number of para-hydroxylation sites is 1. The molecule has 148 valence electrons. The highest BCUT2D eigenvalue weighted by atomic mass is 127. The minimum absolute atomic E-state index is 0. The number of aliphatic imine (C=N–C) groups is 1. The molecule has 1 aliphatic rings. The Morgan fingerprint density at radius 3 is 2.81 bits per heavy atom. The third-order valence-electron chi connectivity index (χ3n) is 4.04. The van der Waals surface area contributed by atoms with Crippen molar-refractivity contribution in [1.29, 1.82) is 0 Å². The fraction of sp³-hybridized carbons (Fsp3) is 0.632.